The Labute approximate surface area is 107 Å². The van der Waals surface area contributed by atoms with Gasteiger partial charge in [0, 0.05) is 16.2 Å². The minimum absolute atomic E-state index is 0.0794. The lowest BCUT2D eigenvalue weighted by atomic mass is 10.1. The quantitative estimate of drug-likeness (QED) is 0.804. The fourth-order valence-corrected chi connectivity index (χ4v) is 2.63. The predicted octanol–water partition coefficient (Wildman–Crippen LogP) is 2.46. The van der Waals surface area contributed by atoms with Gasteiger partial charge in [-0.25, -0.2) is 17.2 Å². The molecular formula is C10H9ClF2O4S. The van der Waals surface area contributed by atoms with Gasteiger partial charge in [0.25, 0.3) is 6.43 Å². The normalized spacial score (nSPS) is 14.9. The summed E-state index contributed by atoms with van der Waals surface area (Å²) in [4.78, 5) is 0. The van der Waals surface area contributed by atoms with E-state index in [4.69, 9.17) is 20.2 Å². The SMILES string of the molecule is O=S(=O)(Cl)Cc1cc2c(cc1C(F)F)OCCO2. The van der Waals surface area contributed by atoms with Crippen molar-refractivity contribution in [2.45, 2.75) is 12.2 Å². The highest BCUT2D eigenvalue weighted by atomic mass is 35.7. The van der Waals surface area contributed by atoms with Crippen molar-refractivity contribution in [1.29, 1.82) is 0 Å². The number of fused-ring (bicyclic) bond motifs is 1. The molecule has 0 aliphatic carbocycles. The highest BCUT2D eigenvalue weighted by Crippen LogP contribution is 2.37. The van der Waals surface area contributed by atoms with Crippen LogP contribution in [-0.2, 0) is 14.8 Å². The second-order valence-corrected chi connectivity index (χ2v) is 6.46. The van der Waals surface area contributed by atoms with E-state index in [1.807, 2.05) is 0 Å². The maximum absolute atomic E-state index is 12.8. The molecule has 1 aliphatic heterocycles. The van der Waals surface area contributed by atoms with Crippen molar-refractivity contribution < 1.29 is 26.7 Å². The molecule has 100 valence electrons. The first-order valence-corrected chi connectivity index (χ1v) is 7.47. The average Bonchev–Trinajstić information content (AvgIpc) is 2.25. The van der Waals surface area contributed by atoms with Gasteiger partial charge in [-0.05, 0) is 17.7 Å². The van der Waals surface area contributed by atoms with Crippen LogP contribution in [0.25, 0.3) is 0 Å². The second-order valence-electron chi connectivity index (χ2n) is 3.68. The summed E-state index contributed by atoms with van der Waals surface area (Å²) >= 11 is 0. The van der Waals surface area contributed by atoms with Gasteiger partial charge in [0.2, 0.25) is 9.05 Å². The van der Waals surface area contributed by atoms with Crippen molar-refractivity contribution in [2.24, 2.45) is 0 Å². The molecule has 0 N–H and O–H groups in total. The average molecular weight is 299 g/mol. The van der Waals surface area contributed by atoms with Crippen LogP contribution in [0.15, 0.2) is 12.1 Å². The van der Waals surface area contributed by atoms with Crippen LogP contribution >= 0.6 is 10.7 Å². The Hall–Kier alpha value is -1.08. The van der Waals surface area contributed by atoms with Crippen LogP contribution in [0.5, 0.6) is 11.5 Å². The van der Waals surface area contributed by atoms with Crippen molar-refractivity contribution in [3.8, 4) is 11.5 Å². The van der Waals surface area contributed by atoms with Crippen molar-refractivity contribution >= 4 is 19.7 Å². The van der Waals surface area contributed by atoms with E-state index in [9.17, 15) is 17.2 Å². The summed E-state index contributed by atoms with van der Waals surface area (Å²) < 4.78 is 58.0. The van der Waals surface area contributed by atoms with Gasteiger partial charge in [-0.1, -0.05) is 0 Å². The number of alkyl halides is 2. The summed E-state index contributed by atoms with van der Waals surface area (Å²) in [6.07, 6.45) is -2.81. The first kappa shape index (κ1) is 13.4. The summed E-state index contributed by atoms with van der Waals surface area (Å²) in [6.45, 7) is 0.552. The van der Waals surface area contributed by atoms with Gasteiger partial charge >= 0.3 is 0 Å². The van der Waals surface area contributed by atoms with Crippen molar-refractivity contribution in [2.75, 3.05) is 13.2 Å². The first-order chi connectivity index (χ1) is 8.37. The van der Waals surface area contributed by atoms with E-state index in [-0.39, 0.29) is 30.3 Å². The number of benzene rings is 1. The van der Waals surface area contributed by atoms with Gasteiger partial charge in [0.15, 0.2) is 11.5 Å². The van der Waals surface area contributed by atoms with Crippen LogP contribution in [0.2, 0.25) is 0 Å². The van der Waals surface area contributed by atoms with E-state index in [0.717, 1.165) is 6.07 Å². The number of ether oxygens (including phenoxy) is 2. The number of hydrogen-bond acceptors (Lipinski definition) is 4. The fourth-order valence-electron chi connectivity index (χ4n) is 1.66. The van der Waals surface area contributed by atoms with E-state index in [0.29, 0.717) is 0 Å². The van der Waals surface area contributed by atoms with Gasteiger partial charge in [0.05, 0.1) is 5.75 Å². The van der Waals surface area contributed by atoms with Crippen molar-refractivity contribution in [3.63, 3.8) is 0 Å². The number of hydrogen-bond donors (Lipinski definition) is 0. The molecule has 0 unspecified atom stereocenters. The van der Waals surface area contributed by atoms with Gasteiger partial charge in [0.1, 0.15) is 13.2 Å². The first-order valence-electron chi connectivity index (χ1n) is 5.00. The van der Waals surface area contributed by atoms with Crippen LogP contribution in [0.3, 0.4) is 0 Å². The molecule has 0 bridgehead atoms. The summed E-state index contributed by atoms with van der Waals surface area (Å²) in [5.74, 6) is -0.238. The van der Waals surface area contributed by atoms with Gasteiger partial charge in [-0.3, -0.25) is 0 Å². The van der Waals surface area contributed by atoms with Gasteiger partial charge in [-0.15, -0.1) is 0 Å². The third-order valence-corrected chi connectivity index (χ3v) is 3.35. The molecule has 0 aromatic heterocycles. The van der Waals surface area contributed by atoms with Crippen LogP contribution < -0.4 is 9.47 Å². The van der Waals surface area contributed by atoms with Crippen LogP contribution in [0.4, 0.5) is 8.78 Å². The molecule has 0 atom stereocenters. The molecule has 8 heteroatoms. The molecule has 0 saturated heterocycles. The molecule has 4 nitrogen and oxygen atoms in total. The van der Waals surface area contributed by atoms with Gasteiger partial charge < -0.3 is 9.47 Å². The Morgan fingerprint density at radius 3 is 2.28 bits per heavy atom. The van der Waals surface area contributed by atoms with Crippen LogP contribution in [-0.4, -0.2) is 21.6 Å². The fraction of sp³-hybridized carbons (Fsp3) is 0.400. The third-order valence-electron chi connectivity index (χ3n) is 2.37. The molecular weight excluding hydrogens is 290 g/mol. The zero-order valence-electron chi connectivity index (χ0n) is 9.03. The maximum Gasteiger partial charge on any atom is 0.264 e. The Morgan fingerprint density at radius 1 is 1.22 bits per heavy atom. The molecule has 1 heterocycles. The summed E-state index contributed by atoms with van der Waals surface area (Å²) in [5.41, 5.74) is -0.493. The lowest BCUT2D eigenvalue weighted by Gasteiger charge is -2.20. The molecule has 0 saturated carbocycles. The van der Waals surface area contributed by atoms with E-state index in [1.165, 1.54) is 6.07 Å². The summed E-state index contributed by atoms with van der Waals surface area (Å²) in [6, 6.07) is 2.33. The van der Waals surface area contributed by atoms with Crippen LogP contribution in [0, 0.1) is 0 Å². The maximum atomic E-state index is 12.8. The standard InChI is InChI=1S/C10H9ClF2O4S/c11-18(14,15)5-6-3-8-9(17-2-1-16-8)4-7(6)10(12)13/h3-4,10H,1-2,5H2. The molecule has 1 aromatic rings. The van der Waals surface area contributed by atoms with Crippen molar-refractivity contribution in [1.82, 2.24) is 0 Å². The molecule has 0 amide bonds. The van der Waals surface area contributed by atoms with E-state index >= 15 is 0 Å². The van der Waals surface area contributed by atoms with E-state index < -0.39 is 26.8 Å². The topological polar surface area (TPSA) is 52.6 Å². The lowest BCUT2D eigenvalue weighted by Crippen LogP contribution is -2.16. The smallest absolute Gasteiger partial charge is 0.264 e. The van der Waals surface area contributed by atoms with E-state index in [1.54, 1.807) is 0 Å². The highest BCUT2D eigenvalue weighted by Gasteiger charge is 2.23. The largest absolute Gasteiger partial charge is 0.486 e. The zero-order chi connectivity index (χ0) is 13.3. The molecule has 1 aromatic carbocycles. The zero-order valence-corrected chi connectivity index (χ0v) is 10.6. The Kier molecular flexibility index (Phi) is 3.63. The Balaban J connectivity index is 2.49. The van der Waals surface area contributed by atoms with Crippen molar-refractivity contribution in [3.05, 3.63) is 23.3 Å². The van der Waals surface area contributed by atoms with Crippen LogP contribution in [0.1, 0.15) is 17.6 Å². The number of rotatable bonds is 3. The predicted molar refractivity (Wildman–Crippen MR) is 60.9 cm³/mol. The molecule has 18 heavy (non-hydrogen) atoms. The minimum atomic E-state index is -3.92. The molecule has 0 spiro atoms. The summed E-state index contributed by atoms with van der Waals surface area (Å²) in [5, 5.41) is 0. The number of halogens is 3. The van der Waals surface area contributed by atoms with E-state index in [2.05, 4.69) is 0 Å². The Bertz CT molecular complexity index is 559. The summed E-state index contributed by atoms with van der Waals surface area (Å²) in [7, 11) is 1.17. The second kappa shape index (κ2) is 4.89. The molecule has 0 fully saturated rings. The molecule has 2 rings (SSSR count). The highest BCUT2D eigenvalue weighted by molar-refractivity contribution is 8.13. The molecule has 0 radical (unpaired) electrons. The van der Waals surface area contributed by atoms with Gasteiger partial charge in [-0.2, -0.15) is 0 Å². The molecule has 1 aliphatic rings. The third kappa shape index (κ3) is 3.02. The minimum Gasteiger partial charge on any atom is -0.486 e. The monoisotopic (exact) mass is 298 g/mol. The lowest BCUT2D eigenvalue weighted by molar-refractivity contribution is 0.146. The Morgan fingerprint density at radius 2 is 1.78 bits per heavy atom.